The molecule has 3 nitrogen and oxygen atoms in total. The molecule has 0 aromatic heterocycles. The molecule has 0 aliphatic carbocycles. The smallest absolute Gasteiger partial charge is 0.339 e. The fraction of sp³-hybridized carbons (Fsp3) is 0. The van der Waals surface area contributed by atoms with Crippen molar-refractivity contribution < 1.29 is 19.7 Å². The zero-order valence-corrected chi connectivity index (χ0v) is 8.98. The fourth-order valence-corrected chi connectivity index (χ4v) is 1.04. The first-order valence-corrected chi connectivity index (χ1v) is 4.73. The molecule has 0 bridgehead atoms. The van der Waals surface area contributed by atoms with Gasteiger partial charge in [0.2, 0.25) is 0 Å². The third kappa shape index (κ3) is 5.32. The molecule has 0 atom stereocenters. The van der Waals surface area contributed by atoms with Gasteiger partial charge in [-0.15, -0.1) is 0 Å². The Morgan fingerprint density at radius 1 is 0.824 bits per heavy atom. The van der Waals surface area contributed by atoms with Crippen LogP contribution in [0.25, 0.3) is 0 Å². The minimum Gasteiger partial charge on any atom is -0.507 e. The summed E-state index contributed by atoms with van der Waals surface area (Å²) in [5, 5.41) is 17.3. The Labute approximate surface area is 98.3 Å². The van der Waals surface area contributed by atoms with Gasteiger partial charge < -0.3 is 10.2 Å². The molecule has 0 saturated carbocycles. The highest BCUT2D eigenvalue weighted by atomic mass is 19.0. The molecule has 2 rings (SSSR count). The van der Waals surface area contributed by atoms with Crippen molar-refractivity contribution in [3.8, 4) is 5.75 Å². The molecule has 0 unspecified atom stereocenters. The summed E-state index contributed by atoms with van der Waals surface area (Å²) < 4.78 is 0. The Balaban J connectivity index is 0.000000316. The lowest BCUT2D eigenvalue weighted by atomic mass is 10.2. The van der Waals surface area contributed by atoms with Crippen molar-refractivity contribution in [3.63, 3.8) is 0 Å². The van der Waals surface area contributed by atoms with Crippen molar-refractivity contribution in [2.24, 2.45) is 0 Å². The molecular formula is C13H13FO3. The van der Waals surface area contributed by atoms with Crippen LogP contribution < -0.4 is 0 Å². The molecule has 2 aromatic carbocycles. The number of hydrogen-bond acceptors (Lipinski definition) is 2. The molecule has 0 aliphatic rings. The van der Waals surface area contributed by atoms with E-state index in [1.807, 2.05) is 36.4 Å². The van der Waals surface area contributed by atoms with Crippen LogP contribution in [0.15, 0.2) is 60.7 Å². The summed E-state index contributed by atoms with van der Waals surface area (Å²) in [6, 6.07) is 17.8. The van der Waals surface area contributed by atoms with Gasteiger partial charge in [-0.1, -0.05) is 48.5 Å². The van der Waals surface area contributed by atoms with Gasteiger partial charge in [0.25, 0.3) is 0 Å². The topological polar surface area (TPSA) is 57.5 Å². The third-order valence-corrected chi connectivity index (χ3v) is 1.80. The zero-order chi connectivity index (χ0) is 11.8. The minimum absolute atomic E-state index is 0. The summed E-state index contributed by atoms with van der Waals surface area (Å²) in [7, 11) is 0. The Bertz CT molecular complexity index is 417. The van der Waals surface area contributed by atoms with Crippen LogP contribution in [-0.4, -0.2) is 16.2 Å². The molecule has 0 radical (unpaired) electrons. The number of benzene rings is 2. The summed E-state index contributed by atoms with van der Waals surface area (Å²) >= 11 is 0. The average Bonchev–Trinajstić information content (AvgIpc) is 2.32. The maximum absolute atomic E-state index is 10.3. The molecule has 0 saturated heterocycles. The molecule has 4 heteroatoms. The normalized spacial score (nSPS) is 8.24. The largest absolute Gasteiger partial charge is 0.507 e. The monoisotopic (exact) mass is 236 g/mol. The Morgan fingerprint density at radius 2 is 1.24 bits per heavy atom. The number of carbonyl (C=O) groups is 1. The quantitative estimate of drug-likeness (QED) is 0.800. The predicted octanol–water partition coefficient (Wildman–Crippen LogP) is 2.93. The molecule has 0 aliphatic heterocycles. The van der Waals surface area contributed by atoms with Crippen LogP contribution in [0, 0.1) is 0 Å². The summed E-state index contributed by atoms with van der Waals surface area (Å²) in [6.07, 6.45) is 0. The second kappa shape index (κ2) is 7.87. The van der Waals surface area contributed by atoms with Gasteiger partial charge in [0.05, 0.1) is 0 Å². The van der Waals surface area contributed by atoms with Crippen LogP contribution in [0.1, 0.15) is 10.4 Å². The fourth-order valence-electron chi connectivity index (χ4n) is 1.04. The van der Waals surface area contributed by atoms with E-state index in [0.29, 0.717) is 0 Å². The Morgan fingerprint density at radius 3 is 1.53 bits per heavy atom. The van der Waals surface area contributed by atoms with Gasteiger partial charge in [0.15, 0.2) is 0 Å². The molecule has 17 heavy (non-hydrogen) atoms. The number of rotatable bonds is 1. The van der Waals surface area contributed by atoms with Crippen molar-refractivity contribution >= 4 is 5.97 Å². The first-order valence-electron chi connectivity index (χ1n) is 4.73. The van der Waals surface area contributed by atoms with Gasteiger partial charge in [-0.3, -0.25) is 4.70 Å². The summed E-state index contributed by atoms with van der Waals surface area (Å²) in [4.78, 5) is 10.3. The zero-order valence-electron chi connectivity index (χ0n) is 8.98. The number of carboxylic acid groups (broad SMARTS) is 1. The summed E-state index contributed by atoms with van der Waals surface area (Å²) in [5.74, 6) is -1.31. The van der Waals surface area contributed by atoms with E-state index in [0.717, 1.165) is 0 Å². The summed E-state index contributed by atoms with van der Waals surface area (Å²) in [5.41, 5.74) is -0.0671. The van der Waals surface area contributed by atoms with Crippen molar-refractivity contribution in [1.82, 2.24) is 0 Å². The van der Waals surface area contributed by atoms with Crippen molar-refractivity contribution in [2.45, 2.75) is 0 Å². The molecular weight excluding hydrogens is 223 g/mol. The van der Waals surface area contributed by atoms with Crippen LogP contribution in [0.4, 0.5) is 4.70 Å². The van der Waals surface area contributed by atoms with Gasteiger partial charge in [-0.25, -0.2) is 4.79 Å². The van der Waals surface area contributed by atoms with E-state index in [1.54, 1.807) is 12.1 Å². The first kappa shape index (κ1) is 14.6. The van der Waals surface area contributed by atoms with Gasteiger partial charge >= 0.3 is 5.97 Å². The highest BCUT2D eigenvalue weighted by molar-refractivity contribution is 5.90. The van der Waals surface area contributed by atoms with E-state index in [9.17, 15) is 4.79 Å². The first-order chi connectivity index (χ1) is 7.72. The predicted molar refractivity (Wildman–Crippen MR) is 64.0 cm³/mol. The Hall–Kier alpha value is -2.36. The standard InChI is InChI=1S/C7H6O3.C6H6.FH/c8-6-4-2-1-3-5(6)7(9)10;1-2-4-6-5-3-1;/h1-4,8H,(H,9,10);1-6H;1H. The van der Waals surface area contributed by atoms with Crippen LogP contribution in [-0.2, 0) is 0 Å². The maximum Gasteiger partial charge on any atom is 0.339 e. The molecule has 0 fully saturated rings. The lowest BCUT2D eigenvalue weighted by molar-refractivity contribution is 0.0693. The van der Waals surface area contributed by atoms with Crippen molar-refractivity contribution in [2.75, 3.05) is 0 Å². The maximum atomic E-state index is 10.3. The van der Waals surface area contributed by atoms with Crippen LogP contribution in [0.2, 0.25) is 0 Å². The highest BCUT2D eigenvalue weighted by Crippen LogP contribution is 2.14. The number of halogens is 1. The van der Waals surface area contributed by atoms with Crippen LogP contribution in [0.5, 0.6) is 5.75 Å². The molecule has 2 aromatic rings. The van der Waals surface area contributed by atoms with Gasteiger partial charge in [0.1, 0.15) is 11.3 Å². The van der Waals surface area contributed by atoms with Gasteiger partial charge in [0, 0.05) is 0 Å². The van der Waals surface area contributed by atoms with E-state index in [2.05, 4.69) is 0 Å². The molecule has 0 heterocycles. The van der Waals surface area contributed by atoms with Gasteiger partial charge in [-0.2, -0.15) is 0 Å². The molecule has 90 valence electrons. The number of phenols is 1. The van der Waals surface area contributed by atoms with E-state index in [1.165, 1.54) is 12.1 Å². The number of aromatic hydroxyl groups is 1. The van der Waals surface area contributed by atoms with Gasteiger partial charge in [-0.05, 0) is 12.1 Å². The number of carboxylic acids is 1. The molecule has 0 amide bonds. The van der Waals surface area contributed by atoms with Crippen LogP contribution >= 0.6 is 0 Å². The SMILES string of the molecule is F.O=C(O)c1ccccc1O.c1ccccc1. The Kier molecular flexibility index (Phi) is 6.78. The lowest BCUT2D eigenvalue weighted by Gasteiger charge is -1.95. The number of hydrogen-bond donors (Lipinski definition) is 2. The second-order valence-corrected chi connectivity index (χ2v) is 2.98. The van der Waals surface area contributed by atoms with E-state index in [4.69, 9.17) is 10.2 Å². The third-order valence-electron chi connectivity index (χ3n) is 1.80. The minimum atomic E-state index is -1.11. The van der Waals surface area contributed by atoms with Crippen molar-refractivity contribution in [1.29, 1.82) is 0 Å². The molecule has 2 N–H and O–H groups in total. The lowest BCUT2D eigenvalue weighted by Crippen LogP contribution is -1.95. The number of aromatic carboxylic acids is 1. The summed E-state index contributed by atoms with van der Waals surface area (Å²) in [6.45, 7) is 0. The van der Waals surface area contributed by atoms with Crippen LogP contribution in [0.3, 0.4) is 0 Å². The van der Waals surface area contributed by atoms with E-state index < -0.39 is 5.97 Å². The number of para-hydroxylation sites is 1. The second-order valence-electron chi connectivity index (χ2n) is 2.98. The highest BCUT2D eigenvalue weighted by Gasteiger charge is 2.05. The van der Waals surface area contributed by atoms with E-state index >= 15 is 0 Å². The average molecular weight is 236 g/mol. The van der Waals surface area contributed by atoms with Crippen molar-refractivity contribution in [3.05, 3.63) is 66.2 Å². The molecule has 0 spiro atoms. The van der Waals surface area contributed by atoms with E-state index in [-0.39, 0.29) is 16.0 Å².